The van der Waals surface area contributed by atoms with Crippen molar-refractivity contribution in [2.75, 3.05) is 7.11 Å². The molecule has 22 heavy (non-hydrogen) atoms. The van der Waals surface area contributed by atoms with E-state index < -0.39 is 0 Å². The first kappa shape index (κ1) is 15.5. The number of carbonyl (C=O) groups is 1. The van der Waals surface area contributed by atoms with Gasteiger partial charge in [-0.3, -0.25) is 4.79 Å². The number of fused-ring (bicyclic) bond motifs is 1. The highest BCUT2D eigenvalue weighted by Crippen LogP contribution is 2.27. The van der Waals surface area contributed by atoms with Crippen LogP contribution in [0.15, 0.2) is 5.38 Å². The number of carbonyl (C=O) groups excluding carboxylic acids is 1. The average molecular weight is 341 g/mol. The molecule has 0 saturated carbocycles. The van der Waals surface area contributed by atoms with Gasteiger partial charge in [0.05, 0.1) is 11.6 Å². The SMILES string of the molecule is COCc1nc2n(n1)CC(NC(=O)c1scc(C)c1Cl)CC2. The molecule has 8 heteroatoms. The van der Waals surface area contributed by atoms with E-state index in [1.807, 2.05) is 17.0 Å². The molecule has 2 aromatic rings. The Morgan fingerprint density at radius 1 is 1.64 bits per heavy atom. The van der Waals surface area contributed by atoms with Gasteiger partial charge in [-0.1, -0.05) is 11.6 Å². The van der Waals surface area contributed by atoms with Crippen molar-refractivity contribution in [1.82, 2.24) is 20.1 Å². The number of hydrogen-bond acceptors (Lipinski definition) is 5. The molecule has 1 amide bonds. The van der Waals surface area contributed by atoms with E-state index in [1.54, 1.807) is 7.11 Å². The number of ether oxygens (including phenoxy) is 1. The highest BCUT2D eigenvalue weighted by molar-refractivity contribution is 7.13. The molecule has 1 unspecified atom stereocenters. The molecule has 1 N–H and O–H groups in total. The molecule has 0 aromatic carbocycles. The maximum Gasteiger partial charge on any atom is 0.263 e. The highest BCUT2D eigenvalue weighted by atomic mass is 35.5. The first-order chi connectivity index (χ1) is 10.6. The zero-order valence-electron chi connectivity index (χ0n) is 12.4. The summed E-state index contributed by atoms with van der Waals surface area (Å²) < 4.78 is 6.90. The number of thiophene rings is 1. The Morgan fingerprint density at radius 3 is 3.14 bits per heavy atom. The number of rotatable bonds is 4. The van der Waals surface area contributed by atoms with Gasteiger partial charge in [0.1, 0.15) is 17.3 Å². The van der Waals surface area contributed by atoms with E-state index in [0.717, 1.165) is 24.2 Å². The van der Waals surface area contributed by atoms with Crippen molar-refractivity contribution in [2.45, 2.75) is 39.0 Å². The summed E-state index contributed by atoms with van der Waals surface area (Å²) in [6, 6.07) is 0.0376. The second-order valence-corrected chi connectivity index (χ2v) is 6.59. The second-order valence-electron chi connectivity index (χ2n) is 5.33. The summed E-state index contributed by atoms with van der Waals surface area (Å²) in [6.07, 6.45) is 1.64. The molecule has 3 rings (SSSR count). The van der Waals surface area contributed by atoms with E-state index in [4.69, 9.17) is 16.3 Å². The number of amides is 1. The van der Waals surface area contributed by atoms with Crippen LogP contribution in [0.3, 0.4) is 0 Å². The van der Waals surface area contributed by atoms with Crippen molar-refractivity contribution in [3.63, 3.8) is 0 Å². The number of halogens is 1. The number of methoxy groups -OCH3 is 1. The van der Waals surface area contributed by atoms with Crippen molar-refractivity contribution in [1.29, 1.82) is 0 Å². The Labute approximate surface area is 137 Å². The average Bonchev–Trinajstić information content (AvgIpc) is 3.03. The fraction of sp³-hybridized carbons (Fsp3) is 0.500. The monoisotopic (exact) mass is 340 g/mol. The molecule has 0 fully saturated rings. The van der Waals surface area contributed by atoms with Crippen LogP contribution in [0.2, 0.25) is 5.02 Å². The number of nitrogens with zero attached hydrogens (tertiary/aromatic N) is 3. The molecule has 1 aliphatic heterocycles. The van der Waals surface area contributed by atoms with E-state index in [2.05, 4.69) is 15.4 Å². The van der Waals surface area contributed by atoms with Gasteiger partial charge in [-0.15, -0.1) is 11.3 Å². The van der Waals surface area contributed by atoms with E-state index in [0.29, 0.717) is 28.9 Å². The Kier molecular flexibility index (Phi) is 4.46. The van der Waals surface area contributed by atoms with Crippen LogP contribution < -0.4 is 5.32 Å². The number of aryl methyl sites for hydroxylation is 2. The maximum atomic E-state index is 12.3. The lowest BCUT2D eigenvalue weighted by molar-refractivity contribution is 0.0930. The summed E-state index contributed by atoms with van der Waals surface area (Å²) in [5, 5.41) is 9.87. The highest BCUT2D eigenvalue weighted by Gasteiger charge is 2.24. The third kappa shape index (κ3) is 3.02. The lowest BCUT2D eigenvalue weighted by atomic mass is 10.1. The van der Waals surface area contributed by atoms with Gasteiger partial charge in [0.25, 0.3) is 5.91 Å². The van der Waals surface area contributed by atoms with E-state index >= 15 is 0 Å². The summed E-state index contributed by atoms with van der Waals surface area (Å²) in [4.78, 5) is 17.3. The molecule has 0 aliphatic carbocycles. The van der Waals surface area contributed by atoms with Gasteiger partial charge in [-0.05, 0) is 24.3 Å². The van der Waals surface area contributed by atoms with E-state index in [1.165, 1.54) is 11.3 Å². The zero-order valence-corrected chi connectivity index (χ0v) is 14.0. The molecule has 0 spiro atoms. The van der Waals surface area contributed by atoms with Crippen molar-refractivity contribution < 1.29 is 9.53 Å². The van der Waals surface area contributed by atoms with Gasteiger partial charge in [0.2, 0.25) is 0 Å². The van der Waals surface area contributed by atoms with Crippen molar-refractivity contribution in [3.8, 4) is 0 Å². The topological polar surface area (TPSA) is 69.0 Å². The Balaban J connectivity index is 1.67. The number of aromatic nitrogens is 3. The maximum absolute atomic E-state index is 12.3. The normalized spacial score (nSPS) is 17.3. The zero-order chi connectivity index (χ0) is 15.7. The van der Waals surface area contributed by atoms with Gasteiger partial charge in [-0.25, -0.2) is 9.67 Å². The lowest BCUT2D eigenvalue weighted by Crippen LogP contribution is -2.41. The molecule has 2 aromatic heterocycles. The lowest BCUT2D eigenvalue weighted by Gasteiger charge is -2.23. The summed E-state index contributed by atoms with van der Waals surface area (Å²) in [5.74, 6) is 1.51. The van der Waals surface area contributed by atoms with Crippen LogP contribution in [0.4, 0.5) is 0 Å². The molecule has 6 nitrogen and oxygen atoms in total. The van der Waals surface area contributed by atoms with Gasteiger partial charge in [0.15, 0.2) is 5.82 Å². The van der Waals surface area contributed by atoms with E-state index in [-0.39, 0.29) is 11.9 Å². The molecule has 1 aliphatic rings. The van der Waals surface area contributed by atoms with Gasteiger partial charge >= 0.3 is 0 Å². The minimum Gasteiger partial charge on any atom is -0.377 e. The van der Waals surface area contributed by atoms with Crippen LogP contribution in [-0.4, -0.2) is 33.8 Å². The molecule has 0 bridgehead atoms. The van der Waals surface area contributed by atoms with Crippen molar-refractivity contribution in [3.05, 3.63) is 32.5 Å². The first-order valence-corrected chi connectivity index (χ1v) is 8.30. The minimum absolute atomic E-state index is 0.0376. The second kappa shape index (κ2) is 6.36. The third-order valence-electron chi connectivity index (χ3n) is 3.62. The molecule has 3 heterocycles. The molecule has 118 valence electrons. The predicted octanol–water partition coefficient (Wildman–Crippen LogP) is 2.19. The van der Waals surface area contributed by atoms with Gasteiger partial charge in [-0.2, -0.15) is 5.10 Å². The summed E-state index contributed by atoms with van der Waals surface area (Å²) in [6.45, 7) is 2.93. The van der Waals surface area contributed by atoms with Gasteiger partial charge in [0, 0.05) is 19.6 Å². The van der Waals surface area contributed by atoms with Crippen LogP contribution in [-0.2, 0) is 24.3 Å². The molecule has 1 atom stereocenters. The Morgan fingerprint density at radius 2 is 2.45 bits per heavy atom. The predicted molar refractivity (Wildman–Crippen MR) is 84.4 cm³/mol. The minimum atomic E-state index is -0.117. The quantitative estimate of drug-likeness (QED) is 0.926. The van der Waals surface area contributed by atoms with Crippen molar-refractivity contribution in [2.24, 2.45) is 0 Å². The van der Waals surface area contributed by atoms with Crippen LogP contribution in [0, 0.1) is 6.92 Å². The van der Waals surface area contributed by atoms with Crippen molar-refractivity contribution >= 4 is 28.8 Å². The van der Waals surface area contributed by atoms with Crippen LogP contribution in [0.5, 0.6) is 0 Å². The fourth-order valence-corrected chi connectivity index (χ4v) is 3.68. The number of nitrogens with one attached hydrogen (secondary N) is 1. The van der Waals surface area contributed by atoms with Crippen LogP contribution in [0.25, 0.3) is 0 Å². The first-order valence-electron chi connectivity index (χ1n) is 7.04. The number of hydrogen-bond donors (Lipinski definition) is 1. The van der Waals surface area contributed by atoms with Crippen LogP contribution in [0.1, 0.15) is 33.3 Å². The molecule has 0 saturated heterocycles. The Hall–Kier alpha value is -1.44. The molecule has 0 radical (unpaired) electrons. The van der Waals surface area contributed by atoms with Crippen LogP contribution >= 0.6 is 22.9 Å². The summed E-state index contributed by atoms with van der Waals surface area (Å²) in [5.41, 5.74) is 0.934. The molecular formula is C14H17ClN4O2S. The van der Waals surface area contributed by atoms with E-state index in [9.17, 15) is 4.79 Å². The third-order valence-corrected chi connectivity index (χ3v) is 5.31. The van der Waals surface area contributed by atoms with Gasteiger partial charge < -0.3 is 10.1 Å². The standard InChI is InChI=1S/C14H17ClN4O2S/c1-8-7-22-13(12(8)15)14(20)16-9-3-4-11-17-10(6-21-2)18-19(11)5-9/h7,9H,3-6H2,1-2H3,(H,16,20). The Bertz CT molecular complexity index is 697. The fourth-order valence-electron chi connectivity index (χ4n) is 2.50. The summed E-state index contributed by atoms with van der Waals surface area (Å²) >= 11 is 7.52. The summed E-state index contributed by atoms with van der Waals surface area (Å²) in [7, 11) is 1.62. The molecular weight excluding hydrogens is 324 g/mol. The largest absolute Gasteiger partial charge is 0.377 e. The smallest absolute Gasteiger partial charge is 0.263 e.